The van der Waals surface area contributed by atoms with Crippen LogP contribution in [0.5, 0.6) is 0 Å². The van der Waals surface area contributed by atoms with Crippen LogP contribution in [0.3, 0.4) is 0 Å². The highest BCUT2D eigenvalue weighted by Gasteiger charge is 2.15. The minimum atomic E-state index is -0.992. The average Bonchev–Trinajstić information content (AvgIpc) is 2.37. The van der Waals surface area contributed by atoms with Gasteiger partial charge in [-0.05, 0) is 30.2 Å². The Bertz CT molecular complexity index is 409. The molecule has 1 aromatic carbocycles. The van der Waals surface area contributed by atoms with E-state index < -0.39 is 10.8 Å². The maximum atomic E-state index is 12.3. The van der Waals surface area contributed by atoms with Crippen molar-refractivity contribution in [1.82, 2.24) is 5.32 Å². The molecule has 0 aliphatic heterocycles. The number of nitrogens with one attached hydrogen (secondary N) is 1. The summed E-state index contributed by atoms with van der Waals surface area (Å²) in [6.07, 6.45) is 0. The van der Waals surface area contributed by atoms with Gasteiger partial charge in [0.05, 0.1) is 17.4 Å². The molecule has 0 spiro atoms. The predicted molar refractivity (Wildman–Crippen MR) is 81.1 cm³/mol. The molecule has 0 heterocycles. The van der Waals surface area contributed by atoms with Crippen molar-refractivity contribution in [3.8, 4) is 0 Å². The zero-order valence-electron chi connectivity index (χ0n) is 12.5. The van der Waals surface area contributed by atoms with E-state index in [1.54, 1.807) is 7.11 Å². The third kappa shape index (κ3) is 5.05. The van der Waals surface area contributed by atoms with Crippen LogP contribution < -0.4 is 5.32 Å². The van der Waals surface area contributed by atoms with Gasteiger partial charge in [0.1, 0.15) is 0 Å². The van der Waals surface area contributed by atoms with E-state index in [0.717, 1.165) is 4.90 Å². The summed E-state index contributed by atoms with van der Waals surface area (Å²) in [4.78, 5) is 0.879. The highest BCUT2D eigenvalue weighted by molar-refractivity contribution is 7.85. The summed E-state index contributed by atoms with van der Waals surface area (Å²) >= 11 is 0. The van der Waals surface area contributed by atoms with Gasteiger partial charge in [-0.15, -0.1) is 0 Å². The Morgan fingerprint density at radius 3 is 2.26 bits per heavy atom. The lowest BCUT2D eigenvalue weighted by Gasteiger charge is -2.19. The highest BCUT2D eigenvalue weighted by atomic mass is 32.2. The Kier molecular flexibility index (Phi) is 6.17. The molecule has 0 aliphatic carbocycles. The fourth-order valence-corrected chi connectivity index (χ4v) is 3.06. The van der Waals surface area contributed by atoms with Gasteiger partial charge in [0.25, 0.3) is 0 Å². The van der Waals surface area contributed by atoms with Crippen molar-refractivity contribution in [2.75, 3.05) is 26.5 Å². The van der Waals surface area contributed by atoms with E-state index in [9.17, 15) is 4.21 Å². The molecule has 4 heteroatoms. The molecule has 1 rings (SSSR count). The first-order valence-corrected chi connectivity index (χ1v) is 7.85. The standard InChI is InChI=1S/C15H25NO2S/c1-15(2,3)12-6-8-14(9-7-12)19(17)11-13(16-4)10-18-5/h6-9,13,16H,10-11H2,1-5H3. The molecule has 3 nitrogen and oxygen atoms in total. The highest BCUT2D eigenvalue weighted by Crippen LogP contribution is 2.23. The molecule has 0 aliphatic rings. The maximum absolute atomic E-state index is 12.3. The number of benzene rings is 1. The molecule has 0 saturated heterocycles. The predicted octanol–water partition coefficient (Wildman–Crippen LogP) is 2.33. The van der Waals surface area contributed by atoms with Crippen LogP contribution in [0.25, 0.3) is 0 Å². The summed E-state index contributed by atoms with van der Waals surface area (Å²) in [5.74, 6) is 0.569. The molecule has 1 aromatic rings. The molecular formula is C15H25NO2S. The van der Waals surface area contributed by atoms with E-state index in [-0.39, 0.29) is 11.5 Å². The van der Waals surface area contributed by atoms with Gasteiger partial charge in [0.15, 0.2) is 0 Å². The number of hydrogen-bond donors (Lipinski definition) is 1. The van der Waals surface area contributed by atoms with Crippen molar-refractivity contribution in [1.29, 1.82) is 0 Å². The molecular weight excluding hydrogens is 258 g/mol. The summed E-state index contributed by atoms with van der Waals surface area (Å²) in [6, 6.07) is 8.19. The van der Waals surface area contributed by atoms with Gasteiger partial charge in [0.2, 0.25) is 0 Å². The van der Waals surface area contributed by atoms with Gasteiger partial charge in [-0.1, -0.05) is 32.9 Å². The van der Waals surface area contributed by atoms with Gasteiger partial charge in [0, 0.05) is 23.8 Å². The third-order valence-electron chi connectivity index (χ3n) is 3.11. The number of methoxy groups -OCH3 is 1. The monoisotopic (exact) mass is 283 g/mol. The first-order chi connectivity index (χ1) is 8.88. The second-order valence-corrected chi connectivity index (χ2v) is 7.22. The van der Waals surface area contributed by atoms with Gasteiger partial charge in [-0.2, -0.15) is 0 Å². The molecule has 0 fully saturated rings. The number of hydrogen-bond acceptors (Lipinski definition) is 3. The zero-order valence-corrected chi connectivity index (χ0v) is 13.3. The summed E-state index contributed by atoms with van der Waals surface area (Å²) in [6.45, 7) is 7.10. The molecule has 108 valence electrons. The minimum absolute atomic E-state index is 0.119. The largest absolute Gasteiger partial charge is 0.383 e. The lowest BCUT2D eigenvalue weighted by molar-refractivity contribution is 0.176. The number of likely N-dealkylation sites (N-methyl/N-ethyl adjacent to an activating group) is 1. The van der Waals surface area contributed by atoms with Crippen LogP contribution >= 0.6 is 0 Å². The third-order valence-corrected chi connectivity index (χ3v) is 4.61. The van der Waals surface area contributed by atoms with Crippen molar-refractivity contribution >= 4 is 10.8 Å². The quantitative estimate of drug-likeness (QED) is 0.871. The van der Waals surface area contributed by atoms with E-state index in [1.807, 2.05) is 19.2 Å². The zero-order chi connectivity index (χ0) is 14.5. The average molecular weight is 283 g/mol. The summed E-state index contributed by atoms with van der Waals surface area (Å²) in [7, 11) is 2.53. The summed E-state index contributed by atoms with van der Waals surface area (Å²) in [5.41, 5.74) is 1.39. The fraction of sp³-hybridized carbons (Fsp3) is 0.600. The molecule has 0 saturated carbocycles. The first kappa shape index (κ1) is 16.3. The lowest BCUT2D eigenvalue weighted by atomic mass is 9.87. The van der Waals surface area contributed by atoms with Crippen molar-refractivity contribution < 1.29 is 8.95 Å². The van der Waals surface area contributed by atoms with Crippen LogP contribution in [0, 0.1) is 0 Å². The smallest absolute Gasteiger partial charge is 0.0624 e. The molecule has 0 bridgehead atoms. The van der Waals surface area contributed by atoms with Gasteiger partial charge >= 0.3 is 0 Å². The van der Waals surface area contributed by atoms with E-state index in [1.165, 1.54) is 5.56 Å². The Balaban J connectivity index is 2.73. The second kappa shape index (κ2) is 7.17. The topological polar surface area (TPSA) is 38.3 Å². The van der Waals surface area contributed by atoms with Gasteiger partial charge in [-0.25, -0.2) is 0 Å². The van der Waals surface area contributed by atoms with E-state index >= 15 is 0 Å². The lowest BCUT2D eigenvalue weighted by Crippen LogP contribution is -2.35. The maximum Gasteiger partial charge on any atom is 0.0624 e. The van der Waals surface area contributed by atoms with Crippen LogP contribution in [0.2, 0.25) is 0 Å². The Labute approximate surface area is 119 Å². The molecule has 0 aromatic heterocycles. The van der Waals surface area contributed by atoms with Gasteiger partial charge in [-0.3, -0.25) is 4.21 Å². The molecule has 0 amide bonds. The van der Waals surface area contributed by atoms with Crippen molar-refractivity contribution in [2.45, 2.75) is 37.1 Å². The Hall–Kier alpha value is -0.710. The van der Waals surface area contributed by atoms with Gasteiger partial charge < -0.3 is 10.1 Å². The summed E-state index contributed by atoms with van der Waals surface area (Å²) < 4.78 is 17.4. The number of rotatable bonds is 6. The summed E-state index contributed by atoms with van der Waals surface area (Å²) in [5, 5.41) is 3.12. The Morgan fingerprint density at radius 2 is 1.84 bits per heavy atom. The second-order valence-electron chi connectivity index (χ2n) is 5.73. The normalized spacial score (nSPS) is 15.2. The van der Waals surface area contributed by atoms with E-state index in [4.69, 9.17) is 4.74 Å². The fourth-order valence-electron chi connectivity index (χ4n) is 1.80. The van der Waals surface area contributed by atoms with E-state index in [0.29, 0.717) is 12.4 Å². The molecule has 1 N–H and O–H groups in total. The minimum Gasteiger partial charge on any atom is -0.383 e. The Morgan fingerprint density at radius 1 is 1.26 bits per heavy atom. The van der Waals surface area contributed by atoms with Crippen molar-refractivity contribution in [3.05, 3.63) is 29.8 Å². The molecule has 2 unspecified atom stereocenters. The van der Waals surface area contributed by atoms with Crippen molar-refractivity contribution in [2.24, 2.45) is 0 Å². The SMILES string of the molecule is CNC(COC)CS(=O)c1ccc(C(C)(C)C)cc1. The van der Waals surface area contributed by atoms with E-state index in [2.05, 4.69) is 38.2 Å². The van der Waals surface area contributed by atoms with Crippen molar-refractivity contribution in [3.63, 3.8) is 0 Å². The van der Waals surface area contributed by atoms with Crippen LogP contribution in [-0.4, -0.2) is 36.8 Å². The van der Waals surface area contributed by atoms with Crippen LogP contribution in [0.4, 0.5) is 0 Å². The van der Waals surface area contributed by atoms with Crippen LogP contribution in [0.15, 0.2) is 29.2 Å². The van der Waals surface area contributed by atoms with Crippen LogP contribution in [0.1, 0.15) is 26.3 Å². The van der Waals surface area contributed by atoms with Crippen LogP contribution in [-0.2, 0) is 21.0 Å². The number of ether oxygens (including phenoxy) is 1. The first-order valence-electron chi connectivity index (χ1n) is 6.53. The molecule has 2 atom stereocenters. The molecule has 19 heavy (non-hydrogen) atoms. The molecule has 0 radical (unpaired) electrons.